The molecule has 2 aromatic heterocycles. The Balaban J connectivity index is 1.08. The summed E-state index contributed by atoms with van der Waals surface area (Å²) in [5, 5.41) is 7.25. The van der Waals surface area contributed by atoms with E-state index < -0.39 is 100 Å². The molecule has 3 saturated heterocycles. The number of aromatic amines is 2. The molecule has 7 aromatic rings. The second-order valence-electron chi connectivity index (χ2n) is 24.4. The molecule has 0 radical (unpaired) electrons. The minimum atomic E-state index is -3.19. The van der Waals surface area contributed by atoms with E-state index in [9.17, 15) is 19.2 Å². The molecule has 3 fully saturated rings. The number of H-pyrrole nitrogens is 2. The fourth-order valence-electron chi connectivity index (χ4n) is 12.5. The number of aromatic nitrogens is 4. The van der Waals surface area contributed by atoms with Gasteiger partial charge in [-0.2, -0.15) is 0 Å². The molecule has 0 aliphatic carbocycles. The van der Waals surface area contributed by atoms with Crippen LogP contribution in [0.5, 0.6) is 0 Å². The number of hydrogen-bond acceptors (Lipinski definition) is 12. The Morgan fingerprint density at radius 2 is 0.904 bits per heavy atom. The molecule has 83 heavy (non-hydrogen) atoms. The summed E-state index contributed by atoms with van der Waals surface area (Å²) >= 11 is 0. The van der Waals surface area contributed by atoms with Crippen LogP contribution in [-0.2, 0) is 37.5 Å². The maximum atomic E-state index is 13.8. The predicted molar refractivity (Wildman–Crippen MR) is 329 cm³/mol. The van der Waals surface area contributed by atoms with Crippen LogP contribution in [0.1, 0.15) is 103 Å². The van der Waals surface area contributed by atoms with Crippen molar-refractivity contribution in [1.29, 1.82) is 0 Å². The van der Waals surface area contributed by atoms with Crippen molar-refractivity contribution in [3.05, 3.63) is 222 Å². The molecule has 5 heterocycles. The van der Waals surface area contributed by atoms with Crippen molar-refractivity contribution in [3.8, 4) is 0 Å². The lowest BCUT2D eigenvalue weighted by Crippen LogP contribution is -2.67. The van der Waals surface area contributed by atoms with Crippen molar-refractivity contribution < 1.29 is 31.9 Å². The topological polar surface area (TPSA) is 186 Å². The quantitative estimate of drug-likeness (QED) is 0.0493. The number of ether oxygens (including phenoxy) is 2. The van der Waals surface area contributed by atoms with Crippen molar-refractivity contribution in [2.75, 3.05) is 19.8 Å². The average molecular weight is 1180 g/mol. The number of hydrogen-bond donors (Lipinski definition) is 3. The number of benzene rings is 5. The highest BCUT2D eigenvalue weighted by Gasteiger charge is 2.55. The first kappa shape index (κ1) is 60.1. The van der Waals surface area contributed by atoms with Crippen LogP contribution in [0.15, 0.2) is 183 Å². The third kappa shape index (κ3) is 12.3. The van der Waals surface area contributed by atoms with Gasteiger partial charge in [-0.1, -0.05) is 193 Å². The second-order valence-corrected chi connectivity index (χ2v) is 34.0. The van der Waals surface area contributed by atoms with Crippen LogP contribution in [0, 0.1) is 13.8 Å². The number of aryl methyl sites for hydroxylation is 2. The Morgan fingerprint density at radius 3 is 1.24 bits per heavy atom. The van der Waals surface area contributed by atoms with Crippen molar-refractivity contribution >= 4 is 46.0 Å². The van der Waals surface area contributed by atoms with Gasteiger partial charge >= 0.3 is 20.0 Å². The Labute approximate surface area is 488 Å². The second kappa shape index (κ2) is 24.9. The summed E-state index contributed by atoms with van der Waals surface area (Å²) in [6.07, 6.45) is 0.00990. The van der Waals surface area contributed by atoms with Crippen LogP contribution in [0.2, 0.25) is 10.1 Å². The summed E-state index contributed by atoms with van der Waals surface area (Å²) < 4.78 is 54.5. The fraction of sp³-hybridized carbons (Fsp3) is 0.406. The van der Waals surface area contributed by atoms with E-state index in [1.54, 1.807) is 13.8 Å². The molecule has 0 spiro atoms. The molecule has 0 saturated carbocycles. The molecular formula is C64H78N5O11PSi2. The van der Waals surface area contributed by atoms with Crippen LogP contribution in [0.25, 0.3) is 0 Å². The predicted octanol–water partition coefficient (Wildman–Crippen LogP) is 8.11. The van der Waals surface area contributed by atoms with Crippen molar-refractivity contribution in [3.63, 3.8) is 0 Å². The molecule has 19 heteroatoms. The summed E-state index contributed by atoms with van der Waals surface area (Å²) in [6, 6.07) is 51.3. The molecule has 0 bridgehead atoms. The van der Waals surface area contributed by atoms with Gasteiger partial charge in [0.1, 0.15) is 30.3 Å². The molecular weight excluding hydrogens is 1100 g/mol. The zero-order valence-electron chi connectivity index (χ0n) is 48.9. The highest BCUT2D eigenvalue weighted by atomic mass is 31.2. The van der Waals surface area contributed by atoms with E-state index in [1.165, 1.54) is 21.5 Å². The molecule has 438 valence electrons. The number of nitrogens with zero attached hydrogens (tertiary/aromatic N) is 2. The lowest BCUT2D eigenvalue weighted by molar-refractivity contribution is -0.0601. The van der Waals surface area contributed by atoms with E-state index in [-0.39, 0.29) is 32.1 Å². The molecule has 3 aliphatic rings. The molecule has 16 nitrogen and oxygen atoms in total. The smallest absolute Gasteiger partial charge is 0.334 e. The SMILES string of the molecule is Cc1cn([C@H]2C[C@H](OP(O[C@H]3C[C@H](n4cc(C)c(=O)[nH]c4=O)O[C@@H]3CO[Si](c3ccccc3)(c3ccccc3)C(C)(C)C)O[C@](C)(c3ccccc3)[C@@H]3CCCN3)[C@@H](CO[Si](c3ccccc3)(c3ccccc3)C(C)(C)C)O2)c(=O)[nH]c1=O. The highest BCUT2D eigenvalue weighted by Crippen LogP contribution is 2.55. The van der Waals surface area contributed by atoms with Gasteiger partial charge in [-0.3, -0.25) is 33.2 Å². The largest absolute Gasteiger partial charge is 0.405 e. The molecule has 8 atom stereocenters. The van der Waals surface area contributed by atoms with E-state index in [2.05, 4.69) is 112 Å². The molecule has 0 amide bonds. The first-order chi connectivity index (χ1) is 39.7. The van der Waals surface area contributed by atoms with E-state index in [1.807, 2.05) is 103 Å². The summed E-state index contributed by atoms with van der Waals surface area (Å²) in [5.74, 6) is 0. The first-order valence-electron chi connectivity index (χ1n) is 28.8. The Hall–Kier alpha value is -6.00. The monoisotopic (exact) mass is 1180 g/mol. The van der Waals surface area contributed by atoms with Crippen LogP contribution in [0.4, 0.5) is 0 Å². The third-order valence-corrected chi connectivity index (χ3v) is 28.2. The molecule has 5 aromatic carbocycles. The van der Waals surface area contributed by atoms with E-state index >= 15 is 0 Å². The Kier molecular flexibility index (Phi) is 18.1. The fourth-order valence-corrected chi connectivity index (χ4v) is 23.2. The maximum Gasteiger partial charge on any atom is 0.334 e. The molecule has 3 N–H and O–H groups in total. The molecule has 0 unspecified atom stereocenters. The van der Waals surface area contributed by atoms with Gasteiger partial charge in [0.05, 0.1) is 25.4 Å². The zero-order valence-corrected chi connectivity index (χ0v) is 51.8. The van der Waals surface area contributed by atoms with Gasteiger partial charge in [-0.05, 0) is 76.5 Å². The number of rotatable bonds is 20. The van der Waals surface area contributed by atoms with Gasteiger partial charge in [0.2, 0.25) is 0 Å². The highest BCUT2D eigenvalue weighted by molar-refractivity contribution is 7.41. The minimum Gasteiger partial charge on any atom is -0.405 e. The van der Waals surface area contributed by atoms with Crippen molar-refractivity contribution in [2.45, 2.75) is 147 Å². The van der Waals surface area contributed by atoms with Crippen LogP contribution in [-0.4, -0.2) is 86.0 Å². The maximum absolute atomic E-state index is 13.8. The normalized spacial score (nSPS) is 22.3. The molecule has 10 rings (SSSR count). The van der Waals surface area contributed by atoms with E-state index in [4.69, 9.17) is 31.9 Å². The summed E-state index contributed by atoms with van der Waals surface area (Å²) in [7, 11) is -8.83. The standard InChI is InChI=1S/C64H78N5O11PSi2/c1-44-40-68(60(72)66-58(44)70)56-38-51(53(76-56)42-74-82(62(3,4)5,47-28-17-11-18-29-47)48-30-19-12-20-31-48)78-81(80-64(9,55-36-25-37-65-55)46-26-15-10-16-27-46)79-52-39-57(69-41-45(2)59(71)67-61(69)73)77-54(52)43-75-83(63(6,7)8,49-32-21-13-22-33-49)50-34-23-14-24-35-50/h10-24,26-35,40-41,51-57,65H,25,36-39,42-43H2,1-9H3,(H,66,70,72)(H,67,71,73)/t51-,52-,53+,54+,55-,56+,57+,64+/m0/s1. The van der Waals surface area contributed by atoms with E-state index in [0.717, 1.165) is 45.7 Å². The van der Waals surface area contributed by atoms with Crippen molar-refractivity contribution in [1.82, 2.24) is 24.4 Å². The number of nitrogens with one attached hydrogen (secondary N) is 3. The van der Waals surface area contributed by atoms with Gasteiger partial charge < -0.3 is 32.7 Å². The van der Waals surface area contributed by atoms with Crippen LogP contribution >= 0.6 is 8.60 Å². The summed E-state index contributed by atoms with van der Waals surface area (Å²) in [5.41, 5.74) is -1.66. The summed E-state index contributed by atoms with van der Waals surface area (Å²) in [6.45, 7) is 19.5. The third-order valence-electron chi connectivity index (χ3n) is 16.8. The van der Waals surface area contributed by atoms with Gasteiger partial charge in [0, 0.05) is 42.4 Å². The van der Waals surface area contributed by atoms with E-state index in [0.29, 0.717) is 11.1 Å². The molecule has 3 aliphatic heterocycles. The lowest BCUT2D eigenvalue weighted by Gasteiger charge is -2.44. The van der Waals surface area contributed by atoms with Crippen LogP contribution < -0.4 is 48.6 Å². The average Bonchev–Trinajstić information content (AvgIpc) is 4.46. The lowest BCUT2D eigenvalue weighted by atomic mass is 9.87. The van der Waals surface area contributed by atoms with Gasteiger partial charge in [-0.25, -0.2) is 9.59 Å². The summed E-state index contributed by atoms with van der Waals surface area (Å²) in [4.78, 5) is 58.3. The first-order valence-corrected chi connectivity index (χ1v) is 33.7. The minimum absolute atomic E-state index is 0.0485. The van der Waals surface area contributed by atoms with Gasteiger partial charge in [0.25, 0.3) is 27.8 Å². The zero-order chi connectivity index (χ0) is 58.7. The Morgan fingerprint density at radius 1 is 0.542 bits per heavy atom. The van der Waals surface area contributed by atoms with Crippen LogP contribution in [0.3, 0.4) is 0 Å². The Bertz CT molecular complexity index is 3260. The van der Waals surface area contributed by atoms with Gasteiger partial charge in [0.15, 0.2) is 0 Å². The van der Waals surface area contributed by atoms with Crippen molar-refractivity contribution in [2.24, 2.45) is 0 Å². The van der Waals surface area contributed by atoms with Gasteiger partial charge in [-0.15, -0.1) is 0 Å².